The minimum Gasteiger partial charge on any atom is -0.409 e. The molecule has 102 valence electrons. The van der Waals surface area contributed by atoms with Gasteiger partial charge >= 0.3 is 0 Å². The molecule has 5 nitrogen and oxygen atoms in total. The van der Waals surface area contributed by atoms with Gasteiger partial charge in [0, 0.05) is 5.92 Å². The van der Waals surface area contributed by atoms with Crippen LogP contribution in [0.2, 0.25) is 0 Å². The molecule has 0 aromatic heterocycles. The smallest absolute Gasteiger partial charge is 0.224 e. The Hall–Kier alpha value is -2.04. The zero-order valence-corrected chi connectivity index (χ0v) is 10.9. The molecule has 1 aromatic carbocycles. The highest BCUT2D eigenvalue weighted by Gasteiger charge is 2.44. The summed E-state index contributed by atoms with van der Waals surface area (Å²) in [6.45, 7) is 1.88. The molecule has 1 amide bonds. The van der Waals surface area contributed by atoms with Crippen LogP contribution in [0.4, 0.5) is 0 Å². The van der Waals surface area contributed by atoms with E-state index < -0.39 is 6.04 Å². The first-order valence-corrected chi connectivity index (χ1v) is 6.50. The summed E-state index contributed by atoms with van der Waals surface area (Å²) in [7, 11) is 0. The van der Waals surface area contributed by atoms with Crippen molar-refractivity contribution >= 4 is 11.7 Å². The Kier molecular flexibility index (Phi) is 4.04. The Morgan fingerprint density at radius 1 is 1.53 bits per heavy atom. The van der Waals surface area contributed by atoms with Gasteiger partial charge in [0.15, 0.2) is 5.84 Å². The summed E-state index contributed by atoms with van der Waals surface area (Å²) in [5, 5.41) is 14.4. The predicted molar refractivity (Wildman–Crippen MR) is 72.9 cm³/mol. The maximum absolute atomic E-state index is 12.1. The van der Waals surface area contributed by atoms with Crippen LogP contribution in [0.1, 0.15) is 31.2 Å². The van der Waals surface area contributed by atoms with Gasteiger partial charge in [-0.25, -0.2) is 0 Å². The van der Waals surface area contributed by atoms with Gasteiger partial charge in [-0.05, 0) is 24.3 Å². The molecule has 1 aliphatic rings. The molecule has 0 saturated heterocycles. The minimum absolute atomic E-state index is 0.00272. The highest BCUT2D eigenvalue weighted by Crippen LogP contribution is 2.47. The number of carbonyl (C=O) groups is 1. The summed E-state index contributed by atoms with van der Waals surface area (Å²) in [5.74, 6) is 0.328. The molecule has 0 radical (unpaired) electrons. The van der Waals surface area contributed by atoms with Gasteiger partial charge in [-0.1, -0.05) is 42.4 Å². The highest BCUT2D eigenvalue weighted by molar-refractivity contribution is 5.91. The van der Waals surface area contributed by atoms with Crippen LogP contribution in [0.15, 0.2) is 35.5 Å². The van der Waals surface area contributed by atoms with Gasteiger partial charge in [0.05, 0.1) is 6.04 Å². The summed E-state index contributed by atoms with van der Waals surface area (Å²) in [6.07, 6.45) is 1.47. The van der Waals surface area contributed by atoms with Crippen LogP contribution in [-0.4, -0.2) is 23.0 Å². The van der Waals surface area contributed by atoms with Crippen molar-refractivity contribution in [3.8, 4) is 0 Å². The molecule has 0 bridgehead atoms. The molecule has 0 heterocycles. The van der Waals surface area contributed by atoms with Crippen molar-refractivity contribution in [1.82, 2.24) is 5.32 Å². The molecular weight excluding hydrogens is 242 g/mol. The fraction of sp³-hybridized carbons (Fsp3) is 0.429. The van der Waals surface area contributed by atoms with E-state index in [1.165, 1.54) is 5.56 Å². The third kappa shape index (κ3) is 3.05. The molecule has 1 fully saturated rings. The van der Waals surface area contributed by atoms with Crippen molar-refractivity contribution in [2.24, 2.45) is 16.8 Å². The molecule has 2 rings (SSSR count). The molecule has 19 heavy (non-hydrogen) atoms. The average molecular weight is 261 g/mol. The van der Waals surface area contributed by atoms with Crippen LogP contribution in [-0.2, 0) is 4.79 Å². The Labute approximate surface area is 112 Å². The maximum Gasteiger partial charge on any atom is 0.224 e. The Balaban J connectivity index is 1.93. The van der Waals surface area contributed by atoms with Gasteiger partial charge in [-0.2, -0.15) is 0 Å². The molecule has 1 aromatic rings. The molecule has 4 N–H and O–H groups in total. The van der Waals surface area contributed by atoms with Crippen molar-refractivity contribution in [2.75, 3.05) is 0 Å². The topological polar surface area (TPSA) is 87.7 Å². The molecule has 3 unspecified atom stereocenters. The van der Waals surface area contributed by atoms with E-state index in [0.717, 1.165) is 6.42 Å². The Morgan fingerprint density at radius 2 is 2.21 bits per heavy atom. The molecular formula is C14H19N3O2. The molecule has 0 spiro atoms. The first kappa shape index (κ1) is 13.4. The highest BCUT2D eigenvalue weighted by atomic mass is 16.4. The number of rotatable bonds is 5. The number of amidine groups is 1. The zero-order valence-electron chi connectivity index (χ0n) is 10.9. The van der Waals surface area contributed by atoms with Crippen molar-refractivity contribution in [2.45, 2.75) is 31.7 Å². The van der Waals surface area contributed by atoms with Crippen LogP contribution in [0.5, 0.6) is 0 Å². The largest absolute Gasteiger partial charge is 0.409 e. The third-order valence-electron chi connectivity index (χ3n) is 3.55. The summed E-state index contributed by atoms with van der Waals surface area (Å²) < 4.78 is 0. The lowest BCUT2D eigenvalue weighted by Crippen LogP contribution is -2.44. The first-order valence-electron chi connectivity index (χ1n) is 6.50. The average Bonchev–Trinajstić information content (AvgIpc) is 3.25. The normalized spacial score (nSPS) is 23.7. The van der Waals surface area contributed by atoms with E-state index in [1.807, 2.05) is 37.3 Å². The van der Waals surface area contributed by atoms with E-state index in [1.54, 1.807) is 0 Å². The zero-order chi connectivity index (χ0) is 13.8. The number of amides is 1. The van der Waals surface area contributed by atoms with Gasteiger partial charge in [0.1, 0.15) is 0 Å². The Morgan fingerprint density at radius 3 is 2.79 bits per heavy atom. The van der Waals surface area contributed by atoms with Crippen LogP contribution in [0.3, 0.4) is 0 Å². The molecule has 0 aliphatic heterocycles. The standard InChI is InChI=1S/C14H19N3O2/c1-2-12(13(15)17-19)16-14(18)11-8-10(11)9-6-4-3-5-7-9/h3-7,10-12,19H,2,8H2,1H3,(H2,15,17)(H,16,18). The lowest BCUT2D eigenvalue weighted by Gasteiger charge is -2.15. The fourth-order valence-electron chi connectivity index (χ4n) is 2.29. The second-order valence-corrected chi connectivity index (χ2v) is 4.85. The molecule has 1 saturated carbocycles. The van der Waals surface area contributed by atoms with Gasteiger partial charge < -0.3 is 16.3 Å². The predicted octanol–water partition coefficient (Wildman–Crippen LogP) is 1.43. The second kappa shape index (κ2) is 5.73. The number of hydrogen-bond donors (Lipinski definition) is 3. The molecule has 5 heteroatoms. The summed E-state index contributed by atoms with van der Waals surface area (Å²) in [6, 6.07) is 9.61. The van der Waals surface area contributed by atoms with Crippen LogP contribution < -0.4 is 11.1 Å². The monoisotopic (exact) mass is 261 g/mol. The number of nitrogens with two attached hydrogens (primary N) is 1. The van der Waals surface area contributed by atoms with E-state index in [4.69, 9.17) is 10.9 Å². The van der Waals surface area contributed by atoms with Crippen molar-refractivity contribution in [3.63, 3.8) is 0 Å². The minimum atomic E-state index is -0.394. The number of nitrogens with zero attached hydrogens (tertiary/aromatic N) is 1. The second-order valence-electron chi connectivity index (χ2n) is 4.85. The summed E-state index contributed by atoms with van der Waals surface area (Å²) in [4.78, 5) is 12.1. The summed E-state index contributed by atoms with van der Waals surface area (Å²) >= 11 is 0. The van der Waals surface area contributed by atoms with E-state index in [9.17, 15) is 4.79 Å². The van der Waals surface area contributed by atoms with Gasteiger partial charge in [0.2, 0.25) is 5.91 Å². The number of oxime groups is 1. The van der Waals surface area contributed by atoms with E-state index in [2.05, 4.69) is 10.5 Å². The van der Waals surface area contributed by atoms with Gasteiger partial charge in [0.25, 0.3) is 0 Å². The van der Waals surface area contributed by atoms with Crippen LogP contribution >= 0.6 is 0 Å². The van der Waals surface area contributed by atoms with Gasteiger partial charge in [-0.3, -0.25) is 4.79 Å². The van der Waals surface area contributed by atoms with E-state index in [-0.39, 0.29) is 17.7 Å². The molecule has 1 aliphatic carbocycles. The fourth-order valence-corrected chi connectivity index (χ4v) is 2.29. The van der Waals surface area contributed by atoms with Crippen molar-refractivity contribution in [3.05, 3.63) is 35.9 Å². The number of nitrogens with one attached hydrogen (secondary N) is 1. The van der Waals surface area contributed by atoms with E-state index in [0.29, 0.717) is 12.3 Å². The number of hydrogen-bond acceptors (Lipinski definition) is 3. The van der Waals surface area contributed by atoms with E-state index >= 15 is 0 Å². The van der Waals surface area contributed by atoms with Crippen LogP contribution in [0, 0.1) is 5.92 Å². The van der Waals surface area contributed by atoms with Crippen molar-refractivity contribution in [1.29, 1.82) is 0 Å². The van der Waals surface area contributed by atoms with Crippen LogP contribution in [0.25, 0.3) is 0 Å². The lowest BCUT2D eigenvalue weighted by molar-refractivity contribution is -0.122. The Bertz CT molecular complexity index is 473. The molecule has 3 atom stereocenters. The maximum atomic E-state index is 12.1. The lowest BCUT2D eigenvalue weighted by atomic mass is 10.1. The first-order chi connectivity index (χ1) is 9.17. The van der Waals surface area contributed by atoms with Crippen molar-refractivity contribution < 1.29 is 10.0 Å². The SMILES string of the molecule is CCC(NC(=O)C1CC1c1ccccc1)/C(N)=N/O. The number of carbonyl (C=O) groups excluding carboxylic acids is 1. The van der Waals surface area contributed by atoms with Gasteiger partial charge in [-0.15, -0.1) is 0 Å². The number of benzene rings is 1. The summed E-state index contributed by atoms with van der Waals surface area (Å²) in [5.41, 5.74) is 6.72. The quantitative estimate of drug-likeness (QED) is 0.324. The third-order valence-corrected chi connectivity index (χ3v) is 3.55.